The number of hydrogen-bond acceptors (Lipinski definition) is 4. The summed E-state index contributed by atoms with van der Waals surface area (Å²) in [6, 6.07) is 9.46. The number of pyridine rings is 1. The molecule has 2 rings (SSSR count). The van der Waals surface area contributed by atoms with Crippen molar-refractivity contribution in [3.8, 4) is 17.6 Å². The molecule has 5 heteroatoms. The SMILES string of the molecule is CCCNc1cc(Oc2cccc(F)c2C#N)ccn1. The Morgan fingerprint density at radius 3 is 3.00 bits per heavy atom. The molecule has 0 atom stereocenters. The van der Waals surface area contributed by atoms with Gasteiger partial charge in [0.2, 0.25) is 0 Å². The molecule has 0 aliphatic rings. The number of hydrogen-bond donors (Lipinski definition) is 1. The van der Waals surface area contributed by atoms with Crippen LogP contribution in [-0.2, 0) is 0 Å². The summed E-state index contributed by atoms with van der Waals surface area (Å²) in [7, 11) is 0. The van der Waals surface area contributed by atoms with Gasteiger partial charge in [0.05, 0.1) is 0 Å². The lowest BCUT2D eigenvalue weighted by Crippen LogP contribution is -2.01. The minimum atomic E-state index is -0.594. The van der Waals surface area contributed by atoms with Gasteiger partial charge in [-0.15, -0.1) is 0 Å². The van der Waals surface area contributed by atoms with Crippen molar-refractivity contribution < 1.29 is 9.13 Å². The van der Waals surface area contributed by atoms with E-state index < -0.39 is 5.82 Å². The van der Waals surface area contributed by atoms with Crippen molar-refractivity contribution in [3.05, 3.63) is 47.9 Å². The first-order chi connectivity index (χ1) is 9.74. The van der Waals surface area contributed by atoms with E-state index in [0.29, 0.717) is 11.6 Å². The standard InChI is InChI=1S/C15H14FN3O/c1-2-7-18-15-9-11(6-8-19-15)20-14-5-3-4-13(16)12(14)10-17/h3-6,8-9H,2,7H2,1H3,(H,18,19). The van der Waals surface area contributed by atoms with Gasteiger partial charge in [-0.3, -0.25) is 0 Å². The van der Waals surface area contributed by atoms with E-state index in [1.165, 1.54) is 12.1 Å². The van der Waals surface area contributed by atoms with E-state index in [9.17, 15) is 4.39 Å². The van der Waals surface area contributed by atoms with Crippen LogP contribution in [-0.4, -0.2) is 11.5 Å². The van der Waals surface area contributed by atoms with Gasteiger partial charge in [0.25, 0.3) is 0 Å². The van der Waals surface area contributed by atoms with Crippen molar-refractivity contribution >= 4 is 5.82 Å². The fourth-order valence-electron chi connectivity index (χ4n) is 1.65. The molecule has 0 saturated heterocycles. The van der Waals surface area contributed by atoms with Gasteiger partial charge in [-0.2, -0.15) is 5.26 Å². The van der Waals surface area contributed by atoms with E-state index in [-0.39, 0.29) is 11.3 Å². The largest absolute Gasteiger partial charge is 0.456 e. The molecule has 4 nitrogen and oxygen atoms in total. The number of rotatable bonds is 5. The molecule has 0 spiro atoms. The van der Waals surface area contributed by atoms with E-state index in [2.05, 4.69) is 17.2 Å². The van der Waals surface area contributed by atoms with Crippen LogP contribution in [0.2, 0.25) is 0 Å². The number of nitrogens with one attached hydrogen (secondary N) is 1. The van der Waals surface area contributed by atoms with Crippen molar-refractivity contribution in [2.24, 2.45) is 0 Å². The molecule has 1 N–H and O–H groups in total. The minimum Gasteiger partial charge on any atom is -0.456 e. The topological polar surface area (TPSA) is 57.9 Å². The first-order valence-electron chi connectivity index (χ1n) is 6.31. The van der Waals surface area contributed by atoms with Crippen molar-refractivity contribution in [1.82, 2.24) is 4.98 Å². The maximum atomic E-state index is 13.5. The highest BCUT2D eigenvalue weighted by Gasteiger charge is 2.10. The molecule has 1 aromatic heterocycles. The Morgan fingerprint density at radius 2 is 2.25 bits per heavy atom. The lowest BCUT2D eigenvalue weighted by molar-refractivity contribution is 0.474. The second kappa shape index (κ2) is 6.53. The summed E-state index contributed by atoms with van der Waals surface area (Å²) in [6.45, 7) is 2.86. The van der Waals surface area contributed by atoms with Crippen molar-refractivity contribution in [2.45, 2.75) is 13.3 Å². The molecule has 0 unspecified atom stereocenters. The van der Waals surface area contributed by atoms with Gasteiger partial charge in [0.15, 0.2) is 0 Å². The summed E-state index contributed by atoms with van der Waals surface area (Å²) in [6.07, 6.45) is 2.58. The summed E-state index contributed by atoms with van der Waals surface area (Å²) in [5.74, 6) is 0.781. The van der Waals surface area contributed by atoms with E-state index in [4.69, 9.17) is 10.00 Å². The molecule has 0 radical (unpaired) electrons. The lowest BCUT2D eigenvalue weighted by atomic mass is 10.2. The van der Waals surface area contributed by atoms with Crippen molar-refractivity contribution in [3.63, 3.8) is 0 Å². The van der Waals surface area contributed by atoms with Gasteiger partial charge in [0.1, 0.15) is 34.8 Å². The molecule has 0 saturated carbocycles. The number of anilines is 1. The highest BCUT2D eigenvalue weighted by Crippen LogP contribution is 2.27. The number of aromatic nitrogens is 1. The van der Waals surface area contributed by atoms with Crippen molar-refractivity contribution in [1.29, 1.82) is 5.26 Å². The van der Waals surface area contributed by atoms with Gasteiger partial charge in [-0.05, 0) is 24.6 Å². The maximum absolute atomic E-state index is 13.5. The Bertz CT molecular complexity index is 637. The summed E-state index contributed by atoms with van der Waals surface area (Å²) in [5, 5.41) is 12.1. The zero-order valence-electron chi connectivity index (χ0n) is 11.1. The lowest BCUT2D eigenvalue weighted by Gasteiger charge is -2.09. The van der Waals surface area contributed by atoms with E-state index in [1.807, 2.05) is 0 Å². The molecule has 102 valence electrons. The minimum absolute atomic E-state index is 0.104. The molecule has 1 aromatic carbocycles. The van der Waals surface area contributed by atoms with Gasteiger partial charge in [0, 0.05) is 18.8 Å². The van der Waals surface area contributed by atoms with Crippen molar-refractivity contribution in [2.75, 3.05) is 11.9 Å². The zero-order valence-corrected chi connectivity index (χ0v) is 11.1. The summed E-state index contributed by atoms with van der Waals surface area (Å²) in [4.78, 5) is 4.15. The second-order valence-corrected chi connectivity index (χ2v) is 4.13. The molecule has 0 amide bonds. The highest BCUT2D eigenvalue weighted by atomic mass is 19.1. The molecule has 2 aromatic rings. The third-order valence-corrected chi connectivity index (χ3v) is 2.60. The van der Waals surface area contributed by atoms with Crippen LogP contribution in [0.1, 0.15) is 18.9 Å². The second-order valence-electron chi connectivity index (χ2n) is 4.13. The quantitative estimate of drug-likeness (QED) is 0.900. The predicted molar refractivity (Wildman–Crippen MR) is 74.2 cm³/mol. The van der Waals surface area contributed by atoms with Crippen LogP contribution in [0.5, 0.6) is 11.5 Å². The monoisotopic (exact) mass is 271 g/mol. The van der Waals surface area contributed by atoms with Gasteiger partial charge in [-0.25, -0.2) is 9.37 Å². The Balaban J connectivity index is 2.22. The third-order valence-electron chi connectivity index (χ3n) is 2.60. The third kappa shape index (κ3) is 3.23. The molecule has 0 fully saturated rings. The average molecular weight is 271 g/mol. The number of ether oxygens (including phenoxy) is 1. The number of nitrogens with zero attached hydrogens (tertiary/aromatic N) is 2. The zero-order chi connectivity index (χ0) is 14.4. The molecule has 1 heterocycles. The first kappa shape index (κ1) is 13.8. The normalized spacial score (nSPS) is 9.85. The van der Waals surface area contributed by atoms with Crippen LogP contribution in [0.15, 0.2) is 36.5 Å². The van der Waals surface area contributed by atoms with E-state index in [1.54, 1.807) is 30.5 Å². The number of benzene rings is 1. The first-order valence-corrected chi connectivity index (χ1v) is 6.31. The summed E-state index contributed by atoms with van der Waals surface area (Å²) in [5.41, 5.74) is -0.104. The van der Waals surface area contributed by atoms with Gasteiger partial charge >= 0.3 is 0 Å². The Kier molecular flexibility index (Phi) is 4.51. The predicted octanol–water partition coefficient (Wildman–Crippen LogP) is 3.71. The number of halogens is 1. The van der Waals surface area contributed by atoms with Crippen LogP contribution in [0, 0.1) is 17.1 Å². The Labute approximate surface area is 116 Å². The van der Waals surface area contributed by atoms with Crippen LogP contribution in [0.25, 0.3) is 0 Å². The van der Waals surface area contributed by atoms with Crippen LogP contribution in [0.4, 0.5) is 10.2 Å². The Hall–Kier alpha value is -2.61. The van der Waals surface area contributed by atoms with Crippen LogP contribution >= 0.6 is 0 Å². The molecular formula is C15H14FN3O. The van der Waals surface area contributed by atoms with Gasteiger partial charge in [-0.1, -0.05) is 13.0 Å². The summed E-state index contributed by atoms with van der Waals surface area (Å²) < 4.78 is 19.0. The molecule has 0 aliphatic heterocycles. The van der Waals surface area contributed by atoms with E-state index in [0.717, 1.165) is 13.0 Å². The molecule has 0 bridgehead atoms. The van der Waals surface area contributed by atoms with Crippen LogP contribution in [0.3, 0.4) is 0 Å². The molecular weight excluding hydrogens is 257 g/mol. The van der Waals surface area contributed by atoms with E-state index >= 15 is 0 Å². The smallest absolute Gasteiger partial charge is 0.148 e. The number of nitriles is 1. The van der Waals surface area contributed by atoms with Crippen LogP contribution < -0.4 is 10.1 Å². The highest BCUT2D eigenvalue weighted by molar-refractivity contribution is 5.48. The molecule has 20 heavy (non-hydrogen) atoms. The van der Waals surface area contributed by atoms with Gasteiger partial charge < -0.3 is 10.1 Å². The molecule has 0 aliphatic carbocycles. The Morgan fingerprint density at radius 1 is 1.40 bits per heavy atom. The maximum Gasteiger partial charge on any atom is 0.148 e. The fraction of sp³-hybridized carbons (Fsp3) is 0.200. The average Bonchev–Trinajstić information content (AvgIpc) is 2.46. The summed E-state index contributed by atoms with van der Waals surface area (Å²) >= 11 is 0. The fourth-order valence-corrected chi connectivity index (χ4v) is 1.65.